The zero-order valence-electron chi connectivity index (χ0n) is 16.9. The van der Waals surface area contributed by atoms with E-state index in [0.717, 1.165) is 18.8 Å². The van der Waals surface area contributed by atoms with Crippen LogP contribution in [0.5, 0.6) is 5.75 Å². The third kappa shape index (κ3) is 5.66. The highest BCUT2D eigenvalue weighted by Crippen LogP contribution is 2.21. The van der Waals surface area contributed by atoms with Crippen LogP contribution >= 0.6 is 0 Å². The Labute approximate surface area is 175 Å². The molecule has 2 heterocycles. The molecule has 0 bridgehead atoms. The average Bonchev–Trinajstić information content (AvgIpc) is 2.78. The smallest absolute Gasteiger partial charge is 0.381 e. The van der Waals surface area contributed by atoms with Gasteiger partial charge in [-0.2, -0.15) is 0 Å². The Morgan fingerprint density at radius 1 is 1.13 bits per heavy atom. The van der Waals surface area contributed by atoms with E-state index in [4.69, 9.17) is 9.47 Å². The zero-order chi connectivity index (χ0) is 21.3. The maximum absolute atomic E-state index is 12.1. The molecular formula is C21H26N4O5. The van der Waals surface area contributed by atoms with Crippen LogP contribution in [0.25, 0.3) is 0 Å². The molecule has 1 aliphatic heterocycles. The second-order valence-corrected chi connectivity index (χ2v) is 6.90. The summed E-state index contributed by atoms with van der Waals surface area (Å²) in [5.41, 5.74) is 1.08. The molecule has 2 unspecified atom stereocenters. The number of nitro groups is 1. The molecule has 1 fully saturated rings. The van der Waals surface area contributed by atoms with E-state index in [2.05, 4.69) is 9.88 Å². The molecule has 160 valence electrons. The molecule has 9 nitrogen and oxygen atoms in total. The first-order valence-corrected chi connectivity index (χ1v) is 9.99. The largest absolute Gasteiger partial charge is 0.475 e. The van der Waals surface area contributed by atoms with E-state index in [0.29, 0.717) is 18.8 Å². The summed E-state index contributed by atoms with van der Waals surface area (Å²) >= 11 is 0. The third-order valence-electron chi connectivity index (χ3n) is 5.00. The van der Waals surface area contributed by atoms with Crippen LogP contribution in [0.4, 0.5) is 5.69 Å². The topological polar surface area (TPSA) is 98.0 Å². The van der Waals surface area contributed by atoms with Crippen molar-refractivity contribution >= 4 is 11.7 Å². The number of esters is 1. The molecule has 3 rings (SSSR count). The van der Waals surface area contributed by atoms with Gasteiger partial charge in [0.05, 0.1) is 13.0 Å². The molecule has 1 saturated heterocycles. The summed E-state index contributed by atoms with van der Waals surface area (Å²) in [7, 11) is 0. The summed E-state index contributed by atoms with van der Waals surface area (Å²) in [6, 6.07) is 11.6. The van der Waals surface area contributed by atoms with Gasteiger partial charge in [-0.25, -0.2) is 4.79 Å². The first-order valence-electron chi connectivity index (χ1n) is 9.99. The third-order valence-corrected chi connectivity index (χ3v) is 5.00. The van der Waals surface area contributed by atoms with Crippen molar-refractivity contribution in [1.29, 1.82) is 0 Å². The van der Waals surface area contributed by atoms with E-state index < -0.39 is 23.2 Å². The molecule has 0 N–H and O–H groups in total. The second-order valence-electron chi connectivity index (χ2n) is 6.90. The summed E-state index contributed by atoms with van der Waals surface area (Å²) in [5, 5.41) is 11.5. The van der Waals surface area contributed by atoms with E-state index >= 15 is 0 Å². The van der Waals surface area contributed by atoms with E-state index in [1.165, 1.54) is 0 Å². The fraction of sp³-hybridized carbons (Fsp3) is 0.429. The highest BCUT2D eigenvalue weighted by molar-refractivity contribution is 5.74. The lowest BCUT2D eigenvalue weighted by Crippen LogP contribution is -2.54. The fourth-order valence-corrected chi connectivity index (χ4v) is 3.45. The molecule has 1 aromatic heterocycles. The summed E-state index contributed by atoms with van der Waals surface area (Å²) < 4.78 is 11.0. The van der Waals surface area contributed by atoms with Gasteiger partial charge in [0.25, 0.3) is 0 Å². The van der Waals surface area contributed by atoms with Gasteiger partial charge in [-0.15, -0.1) is 0 Å². The molecule has 0 radical (unpaired) electrons. The van der Waals surface area contributed by atoms with E-state index in [1.807, 2.05) is 35.2 Å². The van der Waals surface area contributed by atoms with Gasteiger partial charge >= 0.3 is 12.0 Å². The highest BCUT2D eigenvalue weighted by Gasteiger charge is 2.38. The molecule has 0 saturated carbocycles. The van der Waals surface area contributed by atoms with Crippen molar-refractivity contribution in [1.82, 2.24) is 9.88 Å². The van der Waals surface area contributed by atoms with Crippen molar-refractivity contribution in [3.05, 3.63) is 65.0 Å². The lowest BCUT2D eigenvalue weighted by atomic mass is 10.1. The van der Waals surface area contributed by atoms with Crippen molar-refractivity contribution in [3.8, 4) is 5.75 Å². The van der Waals surface area contributed by atoms with Gasteiger partial charge in [-0.3, -0.25) is 20.0 Å². The van der Waals surface area contributed by atoms with E-state index in [-0.39, 0.29) is 13.0 Å². The molecule has 1 aromatic carbocycles. The number of hydrogen-bond donors (Lipinski definition) is 0. The molecule has 2 atom stereocenters. The number of pyridine rings is 1. The lowest BCUT2D eigenvalue weighted by molar-refractivity contribution is -0.513. The summed E-state index contributed by atoms with van der Waals surface area (Å²) in [4.78, 5) is 31.4. The van der Waals surface area contributed by atoms with Crippen LogP contribution in [0.2, 0.25) is 0 Å². The van der Waals surface area contributed by atoms with Gasteiger partial charge in [0.2, 0.25) is 0 Å². The number of carbonyl (C=O) groups excluding carboxylic acids is 1. The molecular weight excluding hydrogens is 388 g/mol. The van der Waals surface area contributed by atoms with Gasteiger partial charge in [0.15, 0.2) is 6.23 Å². The van der Waals surface area contributed by atoms with E-state index in [9.17, 15) is 14.9 Å². The van der Waals surface area contributed by atoms with Gasteiger partial charge in [-0.05, 0) is 31.2 Å². The predicted molar refractivity (Wildman–Crippen MR) is 111 cm³/mol. The summed E-state index contributed by atoms with van der Waals surface area (Å²) in [6.45, 7) is 4.49. The number of piperazine rings is 1. The van der Waals surface area contributed by atoms with Crippen molar-refractivity contribution in [3.63, 3.8) is 0 Å². The first kappa shape index (κ1) is 21.5. The number of anilines is 1. The van der Waals surface area contributed by atoms with E-state index in [1.54, 1.807) is 31.5 Å². The molecule has 1 aliphatic rings. The number of nitrogens with zero attached hydrogens (tertiary/aromatic N) is 4. The van der Waals surface area contributed by atoms with Crippen LogP contribution in [-0.2, 0) is 9.53 Å². The normalized spacial score (nSPS) is 16.5. The molecule has 0 aliphatic carbocycles. The Hall–Kier alpha value is -3.20. The molecule has 2 aromatic rings. The van der Waals surface area contributed by atoms with Crippen LogP contribution in [0, 0.1) is 10.1 Å². The number of carbonyl (C=O) groups is 1. The summed E-state index contributed by atoms with van der Waals surface area (Å²) in [5.74, 6) is -0.232. The fourth-order valence-electron chi connectivity index (χ4n) is 3.45. The lowest BCUT2D eigenvalue weighted by Gasteiger charge is -2.40. The van der Waals surface area contributed by atoms with Crippen molar-refractivity contribution in [2.24, 2.45) is 0 Å². The standard InChI is InChI=1S/C21H26N4O5/c1-2-29-21(26)19(25(27)28)16-20(30-18-6-4-3-5-7-18)24-14-12-23(13-15-24)17-8-10-22-11-9-17/h3-11,19-20H,2,12-16H2,1H3. The maximum Gasteiger partial charge on any atom is 0.381 e. The minimum absolute atomic E-state index is 0.0873. The number of para-hydroxylation sites is 1. The summed E-state index contributed by atoms with van der Waals surface area (Å²) in [6.07, 6.45) is 2.80. The van der Waals surface area contributed by atoms with Gasteiger partial charge < -0.3 is 14.4 Å². The van der Waals surface area contributed by atoms with Crippen LogP contribution in [0.1, 0.15) is 13.3 Å². The zero-order valence-corrected chi connectivity index (χ0v) is 16.9. The highest BCUT2D eigenvalue weighted by atomic mass is 16.6. The minimum atomic E-state index is -1.48. The molecule has 0 amide bonds. The number of rotatable bonds is 9. The van der Waals surface area contributed by atoms with Crippen LogP contribution in [-0.4, -0.2) is 65.8 Å². The van der Waals surface area contributed by atoms with Crippen molar-refractivity contribution < 1.29 is 19.2 Å². The van der Waals surface area contributed by atoms with Gasteiger partial charge in [0, 0.05) is 49.2 Å². The van der Waals surface area contributed by atoms with Crippen molar-refractivity contribution in [2.45, 2.75) is 25.6 Å². The quantitative estimate of drug-likeness (QED) is 0.350. The minimum Gasteiger partial charge on any atom is -0.475 e. The molecule has 9 heteroatoms. The molecule has 30 heavy (non-hydrogen) atoms. The Balaban J connectivity index is 1.72. The maximum atomic E-state index is 12.1. The molecule has 0 spiro atoms. The first-order chi connectivity index (χ1) is 14.6. The van der Waals surface area contributed by atoms with Gasteiger partial charge in [0.1, 0.15) is 5.75 Å². The Bertz CT molecular complexity index is 813. The Morgan fingerprint density at radius 3 is 2.40 bits per heavy atom. The Kier molecular flexibility index (Phi) is 7.56. The average molecular weight is 414 g/mol. The van der Waals surface area contributed by atoms with Crippen LogP contribution in [0.15, 0.2) is 54.9 Å². The SMILES string of the molecule is CCOC(=O)C(CC(Oc1ccccc1)N1CCN(c2ccncc2)CC1)[N+](=O)[O-]. The van der Waals surface area contributed by atoms with Crippen LogP contribution in [0.3, 0.4) is 0 Å². The van der Waals surface area contributed by atoms with Gasteiger partial charge in [-0.1, -0.05) is 18.2 Å². The second kappa shape index (κ2) is 10.5. The number of hydrogen-bond acceptors (Lipinski definition) is 8. The number of aromatic nitrogens is 1. The number of ether oxygens (including phenoxy) is 2. The van der Waals surface area contributed by atoms with Crippen LogP contribution < -0.4 is 9.64 Å². The van der Waals surface area contributed by atoms with Crippen molar-refractivity contribution in [2.75, 3.05) is 37.7 Å². The monoisotopic (exact) mass is 414 g/mol. The Morgan fingerprint density at radius 2 is 1.80 bits per heavy atom. The predicted octanol–water partition coefficient (Wildman–Crippen LogP) is 2.21. The number of benzene rings is 1.